The first-order valence-corrected chi connectivity index (χ1v) is 8.24. The van der Waals surface area contributed by atoms with Crippen LogP contribution in [-0.2, 0) is 5.41 Å². The van der Waals surface area contributed by atoms with Crippen LogP contribution in [0.4, 0.5) is 0 Å². The Labute approximate surface area is 126 Å². The second kappa shape index (κ2) is 4.72. The second-order valence-corrected chi connectivity index (χ2v) is 7.13. The molecule has 114 valence electrons. The molecular weight excluding hydrogens is 262 g/mol. The number of piperidine rings is 1. The molecule has 1 aliphatic heterocycles. The van der Waals surface area contributed by atoms with Crippen molar-refractivity contribution in [3.05, 3.63) is 29.3 Å². The number of likely N-dealkylation sites (N-methyl/N-ethyl adjacent to an activating group) is 1. The van der Waals surface area contributed by atoms with Gasteiger partial charge in [0.2, 0.25) is 0 Å². The maximum absolute atomic E-state index is 11.0. The number of rotatable bonds is 1. The lowest BCUT2D eigenvalue weighted by Gasteiger charge is -2.59. The van der Waals surface area contributed by atoms with Crippen LogP contribution in [0.1, 0.15) is 49.3 Å². The maximum Gasteiger partial charge on any atom is 0.119 e. The van der Waals surface area contributed by atoms with Crippen LogP contribution in [-0.4, -0.2) is 36.8 Å². The summed E-state index contributed by atoms with van der Waals surface area (Å²) in [4.78, 5) is 2.39. The zero-order valence-corrected chi connectivity index (χ0v) is 13.0. The van der Waals surface area contributed by atoms with Crippen LogP contribution in [0.5, 0.6) is 5.75 Å². The first-order chi connectivity index (χ1) is 10.2. The Morgan fingerprint density at radius 3 is 2.95 bits per heavy atom. The Morgan fingerprint density at radius 2 is 2.14 bits per heavy atom. The molecular formula is C18H25NO2. The van der Waals surface area contributed by atoms with Gasteiger partial charge in [0, 0.05) is 11.5 Å². The third-order valence-electron chi connectivity index (χ3n) is 6.37. The van der Waals surface area contributed by atoms with Crippen molar-refractivity contribution in [2.75, 3.05) is 20.7 Å². The summed E-state index contributed by atoms with van der Waals surface area (Å²) >= 11 is 0. The summed E-state index contributed by atoms with van der Waals surface area (Å²) in [6.45, 7) is 1.09. The van der Waals surface area contributed by atoms with Crippen molar-refractivity contribution in [1.29, 1.82) is 0 Å². The van der Waals surface area contributed by atoms with Crippen molar-refractivity contribution in [1.82, 2.24) is 4.90 Å². The fourth-order valence-electron chi connectivity index (χ4n) is 5.37. The lowest BCUT2D eigenvalue weighted by molar-refractivity contribution is -0.0680. The van der Waals surface area contributed by atoms with Crippen LogP contribution >= 0.6 is 0 Å². The Kier molecular flexibility index (Phi) is 3.05. The fourth-order valence-corrected chi connectivity index (χ4v) is 5.37. The molecule has 2 bridgehead atoms. The predicted octanol–water partition coefficient (Wildman–Crippen LogP) is 2.87. The lowest BCUT2D eigenvalue weighted by atomic mass is 9.52. The molecule has 0 spiro atoms. The molecule has 1 unspecified atom stereocenters. The lowest BCUT2D eigenvalue weighted by Crippen LogP contribution is -2.61. The first kappa shape index (κ1) is 13.6. The average molecular weight is 287 g/mol. The maximum atomic E-state index is 11.0. The number of likely N-dealkylation sites (tertiary alicyclic amines) is 1. The molecule has 4 rings (SSSR count). The Morgan fingerprint density at radius 1 is 1.29 bits per heavy atom. The summed E-state index contributed by atoms with van der Waals surface area (Å²) < 4.78 is 5.46. The van der Waals surface area contributed by atoms with E-state index in [2.05, 4.69) is 24.1 Å². The average Bonchev–Trinajstić information content (AvgIpc) is 2.53. The van der Waals surface area contributed by atoms with Gasteiger partial charge in [0.1, 0.15) is 5.75 Å². The van der Waals surface area contributed by atoms with E-state index in [0.717, 1.165) is 17.9 Å². The number of ether oxygens (including phenoxy) is 1. The summed E-state index contributed by atoms with van der Waals surface area (Å²) in [7, 11) is 3.91. The number of aliphatic hydroxyl groups is 1. The molecule has 21 heavy (non-hydrogen) atoms. The van der Waals surface area contributed by atoms with Gasteiger partial charge >= 0.3 is 0 Å². The van der Waals surface area contributed by atoms with Crippen LogP contribution < -0.4 is 4.74 Å². The van der Waals surface area contributed by atoms with Gasteiger partial charge in [-0.3, -0.25) is 0 Å². The van der Waals surface area contributed by atoms with Crippen molar-refractivity contribution in [3.63, 3.8) is 0 Å². The van der Waals surface area contributed by atoms with E-state index in [1.54, 1.807) is 7.11 Å². The molecule has 4 atom stereocenters. The summed E-state index contributed by atoms with van der Waals surface area (Å²) in [5, 5.41) is 11.0. The largest absolute Gasteiger partial charge is 0.497 e. The van der Waals surface area contributed by atoms with Crippen molar-refractivity contribution in [2.45, 2.75) is 49.7 Å². The summed E-state index contributed by atoms with van der Waals surface area (Å²) in [6, 6.07) is 6.59. The van der Waals surface area contributed by atoms with Gasteiger partial charge in [-0.25, -0.2) is 0 Å². The highest BCUT2D eigenvalue weighted by Crippen LogP contribution is 2.58. The Hall–Kier alpha value is -1.06. The van der Waals surface area contributed by atoms with Crippen LogP contribution in [0.25, 0.3) is 0 Å². The number of benzene rings is 1. The molecule has 0 amide bonds. The molecule has 1 saturated carbocycles. The molecule has 3 aliphatic rings. The van der Waals surface area contributed by atoms with Gasteiger partial charge in [-0.15, -0.1) is 0 Å². The van der Waals surface area contributed by atoms with Gasteiger partial charge in [0.25, 0.3) is 0 Å². The van der Waals surface area contributed by atoms with Crippen molar-refractivity contribution >= 4 is 0 Å². The standard InChI is InChI=1S/C18H25NO2/c1-19-10-9-18-8-4-3-5-14(18)16(19)17(20)13-7-6-12(21-2)11-15(13)18/h6-7,11,14,16-17,20H,3-5,8-10H2,1-2H3/t14-,16-,17?,18+/m0/s1. The van der Waals surface area contributed by atoms with Gasteiger partial charge in [0.15, 0.2) is 0 Å². The summed E-state index contributed by atoms with van der Waals surface area (Å²) in [6.07, 6.45) is 6.02. The number of aliphatic hydroxyl groups excluding tert-OH is 1. The van der Waals surface area contributed by atoms with E-state index < -0.39 is 0 Å². The highest BCUT2D eigenvalue weighted by atomic mass is 16.5. The van der Waals surface area contributed by atoms with Gasteiger partial charge in [-0.2, -0.15) is 0 Å². The third kappa shape index (κ3) is 1.74. The van der Waals surface area contributed by atoms with Crippen molar-refractivity contribution < 1.29 is 9.84 Å². The van der Waals surface area contributed by atoms with Crippen LogP contribution in [0.3, 0.4) is 0 Å². The molecule has 3 heteroatoms. The molecule has 2 fully saturated rings. The minimum Gasteiger partial charge on any atom is -0.497 e. The zero-order chi connectivity index (χ0) is 14.6. The highest BCUT2D eigenvalue weighted by molar-refractivity contribution is 5.47. The van der Waals surface area contributed by atoms with E-state index in [-0.39, 0.29) is 11.5 Å². The number of hydrogen-bond donors (Lipinski definition) is 1. The smallest absolute Gasteiger partial charge is 0.119 e. The quantitative estimate of drug-likeness (QED) is 0.862. The van der Waals surface area contributed by atoms with E-state index in [4.69, 9.17) is 4.74 Å². The highest BCUT2D eigenvalue weighted by Gasteiger charge is 2.56. The van der Waals surface area contributed by atoms with E-state index in [1.807, 2.05) is 6.07 Å². The molecule has 1 saturated heterocycles. The zero-order valence-electron chi connectivity index (χ0n) is 13.0. The Balaban J connectivity index is 1.92. The topological polar surface area (TPSA) is 32.7 Å². The molecule has 1 N–H and O–H groups in total. The minimum absolute atomic E-state index is 0.276. The Bertz CT molecular complexity index is 558. The minimum atomic E-state index is -0.354. The van der Waals surface area contributed by atoms with E-state index >= 15 is 0 Å². The molecule has 2 aliphatic carbocycles. The van der Waals surface area contributed by atoms with E-state index in [0.29, 0.717) is 12.0 Å². The molecule has 1 heterocycles. The van der Waals surface area contributed by atoms with Crippen LogP contribution in [0.2, 0.25) is 0 Å². The van der Waals surface area contributed by atoms with Gasteiger partial charge in [-0.05, 0) is 62.0 Å². The molecule has 3 nitrogen and oxygen atoms in total. The number of hydrogen-bond acceptors (Lipinski definition) is 3. The number of fused-ring (bicyclic) bond motifs is 1. The first-order valence-electron chi connectivity index (χ1n) is 8.24. The monoisotopic (exact) mass is 287 g/mol. The van der Waals surface area contributed by atoms with Crippen molar-refractivity contribution in [3.8, 4) is 5.75 Å². The molecule has 1 aromatic rings. The third-order valence-corrected chi connectivity index (χ3v) is 6.37. The van der Waals surface area contributed by atoms with Gasteiger partial charge < -0.3 is 14.7 Å². The number of methoxy groups -OCH3 is 1. The normalized spacial score (nSPS) is 38.5. The van der Waals surface area contributed by atoms with Crippen LogP contribution in [0, 0.1) is 5.92 Å². The van der Waals surface area contributed by atoms with Gasteiger partial charge in [-0.1, -0.05) is 18.9 Å². The van der Waals surface area contributed by atoms with Gasteiger partial charge in [0.05, 0.1) is 13.2 Å². The van der Waals surface area contributed by atoms with Crippen molar-refractivity contribution in [2.24, 2.45) is 5.92 Å². The second-order valence-electron chi connectivity index (χ2n) is 7.13. The predicted molar refractivity (Wildman–Crippen MR) is 82.6 cm³/mol. The van der Waals surface area contributed by atoms with E-state index in [1.165, 1.54) is 37.7 Å². The fraction of sp³-hybridized carbons (Fsp3) is 0.667. The summed E-state index contributed by atoms with van der Waals surface area (Å²) in [5.74, 6) is 1.52. The number of nitrogens with zero attached hydrogens (tertiary/aromatic N) is 1. The summed E-state index contributed by atoms with van der Waals surface area (Å²) in [5.41, 5.74) is 2.80. The van der Waals surface area contributed by atoms with Crippen LogP contribution in [0.15, 0.2) is 18.2 Å². The van der Waals surface area contributed by atoms with E-state index in [9.17, 15) is 5.11 Å². The molecule has 0 aromatic heterocycles. The molecule has 0 radical (unpaired) electrons. The SMILES string of the molecule is COc1ccc2c(c1)[C@@]13CCCC[C@H]1[C@@H](C2O)N(C)CC3. The molecule has 1 aromatic carbocycles.